The smallest absolute Gasteiger partial charge is 0.262 e. The fourth-order valence-corrected chi connectivity index (χ4v) is 3.50. The molecule has 5 nitrogen and oxygen atoms in total. The van der Waals surface area contributed by atoms with Crippen molar-refractivity contribution in [3.05, 3.63) is 35.4 Å². The van der Waals surface area contributed by atoms with Crippen molar-refractivity contribution in [2.24, 2.45) is 5.92 Å². The van der Waals surface area contributed by atoms with E-state index in [1.807, 2.05) is 0 Å². The molecule has 1 N–H and O–H groups in total. The number of benzene rings is 1. The lowest BCUT2D eigenvalue weighted by atomic mass is 10.0. The molecule has 1 aliphatic heterocycles. The van der Waals surface area contributed by atoms with E-state index in [-0.39, 0.29) is 24.3 Å². The van der Waals surface area contributed by atoms with Gasteiger partial charge in [0.15, 0.2) is 0 Å². The molecule has 1 fully saturated rings. The molecule has 1 aromatic rings. The van der Waals surface area contributed by atoms with Gasteiger partial charge in [-0.3, -0.25) is 19.3 Å². The number of imide groups is 1. The summed E-state index contributed by atoms with van der Waals surface area (Å²) in [6.45, 7) is 0.411. The third-order valence-corrected chi connectivity index (χ3v) is 4.77. The predicted molar refractivity (Wildman–Crippen MR) is 86.0 cm³/mol. The fourth-order valence-electron chi connectivity index (χ4n) is 3.50. The number of rotatable bonds is 6. The van der Waals surface area contributed by atoms with Crippen molar-refractivity contribution < 1.29 is 14.4 Å². The second kappa shape index (κ2) is 6.94. The van der Waals surface area contributed by atoms with Gasteiger partial charge in [-0.1, -0.05) is 37.8 Å². The van der Waals surface area contributed by atoms with Crippen molar-refractivity contribution in [2.45, 2.75) is 38.5 Å². The number of carbonyl (C=O) groups is 3. The van der Waals surface area contributed by atoms with Crippen molar-refractivity contribution in [3.63, 3.8) is 0 Å². The molecular weight excluding hydrogens is 292 g/mol. The third-order valence-electron chi connectivity index (χ3n) is 4.77. The van der Waals surface area contributed by atoms with Gasteiger partial charge in [0.25, 0.3) is 11.8 Å². The monoisotopic (exact) mass is 314 g/mol. The van der Waals surface area contributed by atoms with E-state index in [0.717, 1.165) is 23.7 Å². The van der Waals surface area contributed by atoms with Gasteiger partial charge < -0.3 is 5.32 Å². The zero-order valence-electron chi connectivity index (χ0n) is 13.2. The Morgan fingerprint density at radius 3 is 2.30 bits per heavy atom. The van der Waals surface area contributed by atoms with Crippen molar-refractivity contribution in [2.75, 3.05) is 13.1 Å². The maximum atomic E-state index is 12.2. The summed E-state index contributed by atoms with van der Waals surface area (Å²) in [5.41, 5.74) is 0.762. The van der Waals surface area contributed by atoms with E-state index >= 15 is 0 Å². The second-order valence-electron chi connectivity index (χ2n) is 6.38. The van der Waals surface area contributed by atoms with Gasteiger partial charge in [0.05, 0.1) is 11.1 Å². The first kappa shape index (κ1) is 15.7. The summed E-state index contributed by atoms with van der Waals surface area (Å²) in [6.07, 6.45) is 7.38. The van der Waals surface area contributed by atoms with Crippen LogP contribution in [0.2, 0.25) is 0 Å². The molecule has 0 saturated heterocycles. The van der Waals surface area contributed by atoms with Gasteiger partial charge in [-0.25, -0.2) is 0 Å². The van der Waals surface area contributed by atoms with Crippen molar-refractivity contribution in [1.82, 2.24) is 10.2 Å². The molecular formula is C18H22N2O3. The second-order valence-corrected chi connectivity index (χ2v) is 6.38. The number of nitrogens with zero attached hydrogens (tertiary/aromatic N) is 1. The highest BCUT2D eigenvalue weighted by Crippen LogP contribution is 2.28. The summed E-state index contributed by atoms with van der Waals surface area (Å²) in [5, 5.41) is 2.82. The quantitative estimate of drug-likeness (QED) is 0.647. The number of carbonyl (C=O) groups excluding carboxylic acids is 3. The Morgan fingerprint density at radius 2 is 1.70 bits per heavy atom. The molecule has 23 heavy (non-hydrogen) atoms. The van der Waals surface area contributed by atoms with Crippen LogP contribution in [0.3, 0.4) is 0 Å². The highest BCUT2D eigenvalue weighted by atomic mass is 16.2. The van der Waals surface area contributed by atoms with Crippen LogP contribution < -0.4 is 5.32 Å². The Labute approximate surface area is 136 Å². The Balaban J connectivity index is 1.45. The average molecular weight is 314 g/mol. The highest BCUT2D eigenvalue weighted by Gasteiger charge is 2.36. The summed E-state index contributed by atoms with van der Waals surface area (Å²) < 4.78 is 0. The summed E-state index contributed by atoms with van der Waals surface area (Å²) >= 11 is 0. The molecule has 122 valence electrons. The SMILES string of the molecule is O=C(CN1C(=O)c2ccccc2C1=O)NCCCC1CCCC1. The van der Waals surface area contributed by atoms with Crippen molar-refractivity contribution >= 4 is 17.7 Å². The topological polar surface area (TPSA) is 66.5 Å². The van der Waals surface area contributed by atoms with Crippen LogP contribution in [0.5, 0.6) is 0 Å². The molecule has 3 amide bonds. The highest BCUT2D eigenvalue weighted by molar-refractivity contribution is 6.22. The Morgan fingerprint density at radius 1 is 1.09 bits per heavy atom. The Kier molecular flexibility index (Phi) is 4.74. The molecule has 5 heteroatoms. The predicted octanol–water partition coefficient (Wildman–Crippen LogP) is 2.37. The Hall–Kier alpha value is -2.17. The lowest BCUT2D eigenvalue weighted by Gasteiger charge is -2.14. The van der Waals surface area contributed by atoms with E-state index in [4.69, 9.17) is 0 Å². The first-order valence-electron chi connectivity index (χ1n) is 8.39. The molecule has 1 aromatic carbocycles. The summed E-state index contributed by atoms with van der Waals surface area (Å²) in [7, 11) is 0. The van der Waals surface area contributed by atoms with Gasteiger partial charge in [0.2, 0.25) is 5.91 Å². The van der Waals surface area contributed by atoms with Gasteiger partial charge >= 0.3 is 0 Å². The normalized spacial score (nSPS) is 17.7. The molecule has 0 radical (unpaired) electrons. The number of fused-ring (bicyclic) bond motifs is 1. The molecule has 3 rings (SSSR count). The standard InChI is InChI=1S/C18H22N2O3/c21-16(19-11-5-8-13-6-1-2-7-13)12-20-17(22)14-9-3-4-10-15(14)18(20)23/h3-4,9-10,13H,1-2,5-8,11-12H2,(H,19,21). The minimum absolute atomic E-state index is 0.199. The number of amides is 3. The zero-order chi connectivity index (χ0) is 16.2. The number of nitrogens with one attached hydrogen (secondary N) is 1. The first-order chi connectivity index (χ1) is 11.2. The molecule has 1 heterocycles. The molecule has 0 atom stereocenters. The van der Waals surface area contributed by atoms with Crippen LogP contribution in [0.4, 0.5) is 0 Å². The van der Waals surface area contributed by atoms with Crippen molar-refractivity contribution in [1.29, 1.82) is 0 Å². The van der Waals surface area contributed by atoms with Gasteiger partial charge in [0, 0.05) is 6.54 Å². The molecule has 0 spiro atoms. The largest absolute Gasteiger partial charge is 0.355 e. The number of hydrogen-bond acceptors (Lipinski definition) is 3. The summed E-state index contributed by atoms with van der Waals surface area (Å²) in [5.74, 6) is -0.229. The molecule has 0 unspecified atom stereocenters. The van der Waals surface area contributed by atoms with Crippen LogP contribution in [-0.2, 0) is 4.79 Å². The summed E-state index contributed by atoms with van der Waals surface area (Å²) in [4.78, 5) is 37.3. The lowest BCUT2D eigenvalue weighted by molar-refractivity contribution is -0.121. The zero-order valence-corrected chi connectivity index (χ0v) is 13.2. The van der Waals surface area contributed by atoms with Crippen molar-refractivity contribution in [3.8, 4) is 0 Å². The van der Waals surface area contributed by atoms with E-state index in [1.54, 1.807) is 24.3 Å². The van der Waals surface area contributed by atoms with E-state index in [1.165, 1.54) is 25.7 Å². The van der Waals surface area contributed by atoms with Crippen LogP contribution in [-0.4, -0.2) is 35.7 Å². The van der Waals surface area contributed by atoms with Gasteiger partial charge in [-0.15, -0.1) is 0 Å². The Bertz CT molecular complexity index is 585. The average Bonchev–Trinajstić information content (AvgIpc) is 3.15. The van der Waals surface area contributed by atoms with E-state index < -0.39 is 0 Å². The number of hydrogen-bond donors (Lipinski definition) is 1. The maximum absolute atomic E-state index is 12.2. The molecule has 0 bridgehead atoms. The molecule has 0 aromatic heterocycles. The lowest BCUT2D eigenvalue weighted by Crippen LogP contribution is -2.40. The summed E-state index contributed by atoms with van der Waals surface area (Å²) in [6, 6.07) is 6.68. The fraction of sp³-hybridized carbons (Fsp3) is 0.500. The van der Waals surface area contributed by atoms with E-state index in [2.05, 4.69) is 5.32 Å². The van der Waals surface area contributed by atoms with Crippen LogP contribution in [0, 0.1) is 5.92 Å². The van der Waals surface area contributed by atoms with Gasteiger partial charge in [-0.2, -0.15) is 0 Å². The van der Waals surface area contributed by atoms with Gasteiger partial charge in [0.1, 0.15) is 6.54 Å². The van der Waals surface area contributed by atoms with Crippen LogP contribution >= 0.6 is 0 Å². The third kappa shape index (κ3) is 3.44. The van der Waals surface area contributed by atoms with Crippen LogP contribution in [0.25, 0.3) is 0 Å². The minimum Gasteiger partial charge on any atom is -0.355 e. The maximum Gasteiger partial charge on any atom is 0.262 e. The molecule has 1 aliphatic carbocycles. The molecule has 2 aliphatic rings. The van der Waals surface area contributed by atoms with Gasteiger partial charge in [-0.05, 0) is 30.9 Å². The van der Waals surface area contributed by atoms with Crippen LogP contribution in [0.15, 0.2) is 24.3 Å². The first-order valence-corrected chi connectivity index (χ1v) is 8.39. The van der Waals surface area contributed by atoms with E-state index in [0.29, 0.717) is 17.7 Å². The molecule has 1 saturated carbocycles. The van der Waals surface area contributed by atoms with E-state index in [9.17, 15) is 14.4 Å². The van der Waals surface area contributed by atoms with Crippen LogP contribution in [0.1, 0.15) is 59.2 Å². The minimum atomic E-state index is -0.383.